The van der Waals surface area contributed by atoms with Crippen LogP contribution in [0.15, 0.2) is 54.6 Å². The van der Waals surface area contributed by atoms with Crippen LogP contribution in [0.25, 0.3) is 0 Å². The molecule has 26 heavy (non-hydrogen) atoms. The van der Waals surface area contributed by atoms with E-state index in [9.17, 15) is 0 Å². The monoisotopic (exact) mass is 369 g/mol. The number of thiocarbonyl (C=S) groups is 1. The molecular weight excluding hydrogens is 342 g/mol. The molecule has 1 unspecified atom stereocenters. The summed E-state index contributed by atoms with van der Waals surface area (Å²) in [5.74, 6) is 0.891. The number of nitrogens with one attached hydrogen (secondary N) is 2. The quantitative estimate of drug-likeness (QED) is 0.731. The Morgan fingerprint density at radius 1 is 1.04 bits per heavy atom. The van der Waals surface area contributed by atoms with Gasteiger partial charge in [0.15, 0.2) is 5.11 Å². The predicted octanol–water partition coefficient (Wildman–Crippen LogP) is 3.50. The van der Waals surface area contributed by atoms with Gasteiger partial charge in [0.1, 0.15) is 5.75 Å². The number of methoxy groups -OCH3 is 1. The Bertz CT molecular complexity index is 684. The van der Waals surface area contributed by atoms with Crippen LogP contribution in [-0.2, 0) is 6.54 Å². The zero-order valence-electron chi connectivity index (χ0n) is 15.3. The highest BCUT2D eigenvalue weighted by Crippen LogP contribution is 2.26. The normalized spacial score (nSPS) is 15.4. The van der Waals surface area contributed by atoms with Gasteiger partial charge in [-0.3, -0.25) is 4.90 Å². The molecule has 0 spiro atoms. The van der Waals surface area contributed by atoms with Gasteiger partial charge in [0.05, 0.1) is 13.2 Å². The van der Waals surface area contributed by atoms with Gasteiger partial charge in [0.2, 0.25) is 0 Å². The van der Waals surface area contributed by atoms with E-state index < -0.39 is 0 Å². The van der Waals surface area contributed by atoms with Crippen molar-refractivity contribution in [2.75, 3.05) is 26.7 Å². The highest BCUT2D eigenvalue weighted by Gasteiger charge is 2.23. The lowest BCUT2D eigenvalue weighted by molar-refractivity contribution is 0.245. The van der Waals surface area contributed by atoms with E-state index in [4.69, 9.17) is 17.0 Å². The minimum Gasteiger partial charge on any atom is -0.497 e. The summed E-state index contributed by atoms with van der Waals surface area (Å²) in [6.07, 6.45) is 2.53. The number of likely N-dealkylation sites (tertiary alicyclic amines) is 1. The first-order valence-corrected chi connectivity index (χ1v) is 9.61. The molecule has 0 amide bonds. The molecule has 1 aliphatic rings. The molecule has 0 saturated carbocycles. The Balaban J connectivity index is 1.57. The molecule has 1 fully saturated rings. The van der Waals surface area contributed by atoms with Crippen LogP contribution in [0.2, 0.25) is 0 Å². The van der Waals surface area contributed by atoms with E-state index in [1.807, 2.05) is 30.3 Å². The second kappa shape index (κ2) is 9.55. The van der Waals surface area contributed by atoms with Crippen LogP contribution in [0.5, 0.6) is 5.75 Å². The van der Waals surface area contributed by atoms with Gasteiger partial charge in [-0.1, -0.05) is 42.5 Å². The van der Waals surface area contributed by atoms with Gasteiger partial charge in [0, 0.05) is 13.1 Å². The van der Waals surface area contributed by atoms with Gasteiger partial charge in [-0.2, -0.15) is 0 Å². The molecule has 1 saturated heterocycles. The second-order valence-corrected chi connectivity index (χ2v) is 6.99. The molecular formula is C21H27N3OS. The third kappa shape index (κ3) is 5.19. The fraction of sp³-hybridized carbons (Fsp3) is 0.381. The van der Waals surface area contributed by atoms with Crippen molar-refractivity contribution < 1.29 is 4.74 Å². The average Bonchev–Trinajstić information content (AvgIpc) is 3.22. The van der Waals surface area contributed by atoms with Crippen molar-refractivity contribution in [1.29, 1.82) is 0 Å². The largest absolute Gasteiger partial charge is 0.497 e. The van der Waals surface area contributed by atoms with Crippen molar-refractivity contribution in [3.8, 4) is 5.75 Å². The summed E-state index contributed by atoms with van der Waals surface area (Å²) in [7, 11) is 1.70. The van der Waals surface area contributed by atoms with E-state index in [-0.39, 0.29) is 0 Å². The lowest BCUT2D eigenvalue weighted by Crippen LogP contribution is -2.41. The molecule has 2 aromatic carbocycles. The highest BCUT2D eigenvalue weighted by atomic mass is 32.1. The molecule has 2 N–H and O–H groups in total. The molecule has 5 heteroatoms. The van der Waals surface area contributed by atoms with E-state index in [0.717, 1.165) is 31.9 Å². The van der Waals surface area contributed by atoms with Gasteiger partial charge in [-0.25, -0.2) is 0 Å². The molecule has 0 aliphatic carbocycles. The molecule has 4 nitrogen and oxygen atoms in total. The molecule has 2 aromatic rings. The Kier molecular flexibility index (Phi) is 6.86. The summed E-state index contributed by atoms with van der Waals surface area (Å²) < 4.78 is 5.29. The SMILES string of the molecule is COc1ccc(C(CNC(=S)NCc2ccccc2)N2CCCC2)cc1. The Morgan fingerprint density at radius 3 is 2.38 bits per heavy atom. The number of nitrogens with zero attached hydrogens (tertiary/aromatic N) is 1. The zero-order chi connectivity index (χ0) is 18.2. The van der Waals surface area contributed by atoms with E-state index >= 15 is 0 Å². The van der Waals surface area contributed by atoms with Crippen LogP contribution in [0.3, 0.4) is 0 Å². The maximum absolute atomic E-state index is 5.47. The van der Waals surface area contributed by atoms with Crippen molar-refractivity contribution in [2.24, 2.45) is 0 Å². The number of benzene rings is 2. The van der Waals surface area contributed by atoms with Gasteiger partial charge >= 0.3 is 0 Å². The molecule has 0 bridgehead atoms. The minimum absolute atomic E-state index is 0.319. The van der Waals surface area contributed by atoms with Crippen molar-refractivity contribution in [1.82, 2.24) is 15.5 Å². The van der Waals surface area contributed by atoms with E-state index in [2.05, 4.69) is 39.8 Å². The molecule has 1 aliphatic heterocycles. The Hall–Kier alpha value is -2.11. The number of hydrogen-bond acceptors (Lipinski definition) is 3. The molecule has 1 atom stereocenters. The molecule has 0 radical (unpaired) electrons. The van der Waals surface area contributed by atoms with Crippen LogP contribution in [0.4, 0.5) is 0 Å². The highest BCUT2D eigenvalue weighted by molar-refractivity contribution is 7.80. The van der Waals surface area contributed by atoms with E-state index in [0.29, 0.717) is 11.2 Å². The van der Waals surface area contributed by atoms with Crippen LogP contribution in [-0.4, -0.2) is 36.8 Å². The second-order valence-electron chi connectivity index (χ2n) is 6.58. The number of rotatable bonds is 7. The van der Waals surface area contributed by atoms with Crippen molar-refractivity contribution in [2.45, 2.75) is 25.4 Å². The van der Waals surface area contributed by atoms with Gasteiger partial charge in [-0.15, -0.1) is 0 Å². The standard InChI is InChI=1S/C21H27N3OS/c1-25-19-11-9-18(10-12-19)20(24-13-5-6-14-24)16-23-21(26)22-15-17-7-3-2-4-8-17/h2-4,7-12,20H,5-6,13-16H2,1H3,(H2,22,23,26). The van der Waals surface area contributed by atoms with Crippen LogP contribution in [0, 0.1) is 0 Å². The van der Waals surface area contributed by atoms with E-state index in [1.54, 1.807) is 7.11 Å². The van der Waals surface area contributed by atoms with Crippen molar-refractivity contribution in [3.05, 3.63) is 65.7 Å². The van der Waals surface area contributed by atoms with Crippen molar-refractivity contribution >= 4 is 17.3 Å². The maximum atomic E-state index is 5.47. The summed E-state index contributed by atoms with van der Waals surface area (Å²) in [6, 6.07) is 19.0. The summed E-state index contributed by atoms with van der Waals surface area (Å²) in [4.78, 5) is 2.54. The zero-order valence-corrected chi connectivity index (χ0v) is 16.1. The molecule has 1 heterocycles. The maximum Gasteiger partial charge on any atom is 0.166 e. The smallest absolute Gasteiger partial charge is 0.166 e. The van der Waals surface area contributed by atoms with Gasteiger partial charge in [-0.05, 0) is 61.4 Å². The fourth-order valence-electron chi connectivity index (χ4n) is 3.37. The Morgan fingerprint density at radius 2 is 1.73 bits per heavy atom. The van der Waals surface area contributed by atoms with Crippen LogP contribution in [0.1, 0.15) is 30.0 Å². The molecule has 138 valence electrons. The average molecular weight is 370 g/mol. The van der Waals surface area contributed by atoms with Crippen molar-refractivity contribution in [3.63, 3.8) is 0 Å². The van der Waals surface area contributed by atoms with Gasteiger partial charge < -0.3 is 15.4 Å². The summed E-state index contributed by atoms with van der Waals surface area (Å²) in [6.45, 7) is 3.82. The van der Waals surface area contributed by atoms with Crippen LogP contribution >= 0.6 is 12.2 Å². The fourth-order valence-corrected chi connectivity index (χ4v) is 3.52. The Labute approximate surface area is 161 Å². The summed E-state index contributed by atoms with van der Waals surface area (Å²) in [5.41, 5.74) is 2.52. The topological polar surface area (TPSA) is 36.5 Å². The first-order chi connectivity index (χ1) is 12.8. The van der Waals surface area contributed by atoms with Crippen LogP contribution < -0.4 is 15.4 Å². The third-order valence-electron chi connectivity index (χ3n) is 4.83. The number of ether oxygens (including phenoxy) is 1. The molecule has 0 aromatic heterocycles. The molecule has 3 rings (SSSR count). The predicted molar refractivity (Wildman–Crippen MR) is 110 cm³/mol. The summed E-state index contributed by atoms with van der Waals surface area (Å²) in [5, 5.41) is 7.40. The number of hydrogen-bond donors (Lipinski definition) is 2. The van der Waals surface area contributed by atoms with Gasteiger partial charge in [0.25, 0.3) is 0 Å². The lowest BCUT2D eigenvalue weighted by Gasteiger charge is -2.29. The lowest BCUT2D eigenvalue weighted by atomic mass is 10.1. The summed E-state index contributed by atoms with van der Waals surface area (Å²) >= 11 is 5.47. The minimum atomic E-state index is 0.319. The first-order valence-electron chi connectivity index (χ1n) is 9.20. The first kappa shape index (κ1) is 18.7. The van der Waals surface area contributed by atoms with E-state index in [1.165, 1.54) is 24.0 Å². The third-order valence-corrected chi connectivity index (χ3v) is 5.12.